The third kappa shape index (κ3) is 5.19. The molecule has 2 nitrogen and oxygen atoms in total. The molecule has 0 atom stereocenters. The van der Waals surface area contributed by atoms with Gasteiger partial charge < -0.3 is 9.80 Å². The van der Waals surface area contributed by atoms with Crippen LogP contribution in [-0.4, -0.2) is 0 Å². The summed E-state index contributed by atoms with van der Waals surface area (Å²) in [5.74, 6) is 0. The van der Waals surface area contributed by atoms with E-state index in [0.717, 1.165) is 30.2 Å². The van der Waals surface area contributed by atoms with E-state index in [1.165, 1.54) is 16.8 Å². The first kappa shape index (κ1) is 21.5. The Morgan fingerprint density at radius 3 is 1.06 bits per heavy atom. The highest BCUT2D eigenvalue weighted by molar-refractivity contribution is 5.77. The third-order valence-corrected chi connectivity index (χ3v) is 5.93. The van der Waals surface area contributed by atoms with Crippen LogP contribution in [0.1, 0.15) is 11.1 Å². The zero-order valence-electron chi connectivity index (χ0n) is 19.2. The van der Waals surface area contributed by atoms with E-state index in [4.69, 9.17) is 0 Å². The molecule has 0 N–H and O–H groups in total. The molecule has 0 saturated heterocycles. The van der Waals surface area contributed by atoms with Crippen LogP contribution in [-0.2, 0) is 13.1 Å². The van der Waals surface area contributed by atoms with Crippen LogP contribution in [0.3, 0.4) is 0 Å². The molecule has 0 heterocycles. The normalized spacial score (nSPS) is 10.6. The minimum Gasteiger partial charge on any atom is -0.363 e. The van der Waals surface area contributed by atoms with Crippen LogP contribution in [0.25, 0.3) is 0 Å². The summed E-state index contributed by atoms with van der Waals surface area (Å²) in [6, 6.07) is 51.3. The topological polar surface area (TPSA) is 6.48 Å². The largest absolute Gasteiger partial charge is 0.363 e. The van der Waals surface area contributed by atoms with Crippen molar-refractivity contribution in [3.8, 4) is 0 Å². The molecule has 0 spiro atoms. The van der Waals surface area contributed by atoms with Crippen molar-refractivity contribution in [3.05, 3.63) is 157 Å². The van der Waals surface area contributed by atoms with Crippen LogP contribution in [0.4, 0.5) is 22.7 Å². The molecular weight excluding hydrogens is 412 g/mol. The Kier molecular flexibility index (Phi) is 6.68. The van der Waals surface area contributed by atoms with Gasteiger partial charge in [0.15, 0.2) is 0 Å². The summed E-state index contributed by atoms with van der Waals surface area (Å²) in [6.45, 7) is 1.71. The summed E-state index contributed by atoms with van der Waals surface area (Å²) in [4.78, 5) is 4.73. The lowest BCUT2D eigenvalue weighted by molar-refractivity contribution is 0.800. The standard InChI is InChI=1S/C32H28N2/c1-5-13-27(14-6-1)25-33(26-28-15-7-2-8-16-28)29-21-23-32(24-22-29)34(30-17-9-3-10-18-30)31-19-11-4-12-20-31/h1-24H,25-26H2. The maximum atomic E-state index is 2.43. The van der Waals surface area contributed by atoms with Gasteiger partial charge in [0, 0.05) is 35.8 Å². The molecule has 0 fully saturated rings. The Balaban J connectivity index is 1.48. The van der Waals surface area contributed by atoms with Crippen molar-refractivity contribution in [1.29, 1.82) is 0 Å². The molecule has 0 aliphatic rings. The smallest absolute Gasteiger partial charge is 0.0463 e. The van der Waals surface area contributed by atoms with Crippen LogP contribution in [0.2, 0.25) is 0 Å². The second-order valence-corrected chi connectivity index (χ2v) is 8.35. The van der Waals surface area contributed by atoms with Gasteiger partial charge in [-0.25, -0.2) is 0 Å². The van der Waals surface area contributed by atoms with Gasteiger partial charge in [0.2, 0.25) is 0 Å². The molecule has 0 aliphatic heterocycles. The molecule has 2 heteroatoms. The maximum Gasteiger partial charge on any atom is 0.0463 e. The zero-order valence-corrected chi connectivity index (χ0v) is 19.2. The number of rotatable bonds is 8. The van der Waals surface area contributed by atoms with Gasteiger partial charge in [0.05, 0.1) is 0 Å². The first-order valence-corrected chi connectivity index (χ1v) is 11.7. The third-order valence-electron chi connectivity index (χ3n) is 5.93. The lowest BCUT2D eigenvalue weighted by Gasteiger charge is -2.28. The summed E-state index contributed by atoms with van der Waals surface area (Å²) >= 11 is 0. The molecule has 0 radical (unpaired) electrons. The minimum absolute atomic E-state index is 0.857. The molecule has 0 aromatic heterocycles. The molecule has 5 rings (SSSR count). The highest BCUT2D eigenvalue weighted by Crippen LogP contribution is 2.35. The Morgan fingerprint density at radius 2 is 0.647 bits per heavy atom. The Hall–Kier alpha value is -4.30. The molecule has 5 aromatic rings. The van der Waals surface area contributed by atoms with E-state index in [1.54, 1.807) is 0 Å². The quantitative estimate of drug-likeness (QED) is 0.239. The van der Waals surface area contributed by atoms with E-state index in [2.05, 4.69) is 155 Å². The van der Waals surface area contributed by atoms with Crippen molar-refractivity contribution in [1.82, 2.24) is 0 Å². The molecule has 0 saturated carbocycles. The van der Waals surface area contributed by atoms with Crippen molar-refractivity contribution in [2.45, 2.75) is 13.1 Å². The number of hydrogen-bond donors (Lipinski definition) is 0. The van der Waals surface area contributed by atoms with E-state index in [1.807, 2.05) is 0 Å². The van der Waals surface area contributed by atoms with Gasteiger partial charge in [-0.3, -0.25) is 0 Å². The minimum atomic E-state index is 0.857. The van der Waals surface area contributed by atoms with Crippen LogP contribution >= 0.6 is 0 Å². The fraction of sp³-hybridized carbons (Fsp3) is 0.0625. The molecule has 0 unspecified atom stereocenters. The van der Waals surface area contributed by atoms with Crippen molar-refractivity contribution in [3.63, 3.8) is 0 Å². The average molecular weight is 441 g/mol. The molecule has 166 valence electrons. The predicted molar refractivity (Wildman–Crippen MR) is 144 cm³/mol. The van der Waals surface area contributed by atoms with Gasteiger partial charge >= 0.3 is 0 Å². The Morgan fingerprint density at radius 1 is 0.324 bits per heavy atom. The number of nitrogens with zero attached hydrogens (tertiary/aromatic N) is 2. The number of hydrogen-bond acceptors (Lipinski definition) is 2. The fourth-order valence-electron chi connectivity index (χ4n) is 4.26. The highest BCUT2D eigenvalue weighted by Gasteiger charge is 2.14. The number of anilines is 4. The van der Waals surface area contributed by atoms with Gasteiger partial charge in [0.1, 0.15) is 0 Å². The summed E-state index contributed by atoms with van der Waals surface area (Å²) in [5, 5.41) is 0. The van der Waals surface area contributed by atoms with Crippen molar-refractivity contribution < 1.29 is 0 Å². The molecular formula is C32H28N2. The van der Waals surface area contributed by atoms with Crippen LogP contribution in [0, 0.1) is 0 Å². The number of benzene rings is 5. The van der Waals surface area contributed by atoms with Crippen molar-refractivity contribution >= 4 is 22.7 Å². The molecule has 0 amide bonds. The highest BCUT2D eigenvalue weighted by atomic mass is 15.1. The van der Waals surface area contributed by atoms with Crippen molar-refractivity contribution in [2.75, 3.05) is 9.80 Å². The SMILES string of the molecule is c1ccc(CN(Cc2ccccc2)c2ccc(N(c3ccccc3)c3ccccc3)cc2)cc1. The van der Waals surface area contributed by atoms with Gasteiger partial charge in [0.25, 0.3) is 0 Å². The first-order valence-electron chi connectivity index (χ1n) is 11.7. The maximum absolute atomic E-state index is 2.43. The zero-order chi connectivity index (χ0) is 23.0. The van der Waals surface area contributed by atoms with E-state index < -0.39 is 0 Å². The molecule has 34 heavy (non-hydrogen) atoms. The lowest BCUT2D eigenvalue weighted by Crippen LogP contribution is -2.22. The van der Waals surface area contributed by atoms with Gasteiger partial charge in [-0.2, -0.15) is 0 Å². The van der Waals surface area contributed by atoms with E-state index in [0.29, 0.717) is 0 Å². The van der Waals surface area contributed by atoms with Crippen LogP contribution in [0.5, 0.6) is 0 Å². The predicted octanol–water partition coefficient (Wildman–Crippen LogP) is 8.36. The molecule has 5 aromatic carbocycles. The number of para-hydroxylation sites is 2. The molecule has 0 aliphatic carbocycles. The average Bonchev–Trinajstić information content (AvgIpc) is 2.91. The Labute approximate surface area is 202 Å². The lowest BCUT2D eigenvalue weighted by atomic mass is 10.1. The second kappa shape index (κ2) is 10.5. The Bertz CT molecular complexity index is 1190. The monoisotopic (exact) mass is 440 g/mol. The van der Waals surface area contributed by atoms with E-state index in [-0.39, 0.29) is 0 Å². The van der Waals surface area contributed by atoms with Gasteiger partial charge in [-0.1, -0.05) is 97.1 Å². The van der Waals surface area contributed by atoms with Gasteiger partial charge in [-0.15, -0.1) is 0 Å². The second-order valence-electron chi connectivity index (χ2n) is 8.35. The van der Waals surface area contributed by atoms with E-state index in [9.17, 15) is 0 Å². The van der Waals surface area contributed by atoms with E-state index >= 15 is 0 Å². The summed E-state index contributed by atoms with van der Waals surface area (Å²) in [6.07, 6.45) is 0. The van der Waals surface area contributed by atoms with Crippen LogP contribution < -0.4 is 9.80 Å². The van der Waals surface area contributed by atoms with Gasteiger partial charge in [-0.05, 0) is 59.7 Å². The summed E-state index contributed by atoms with van der Waals surface area (Å²) in [7, 11) is 0. The first-order chi connectivity index (χ1) is 16.9. The van der Waals surface area contributed by atoms with Crippen molar-refractivity contribution in [2.24, 2.45) is 0 Å². The summed E-state index contributed by atoms with van der Waals surface area (Å²) in [5.41, 5.74) is 7.24. The fourth-order valence-corrected chi connectivity index (χ4v) is 4.26. The van der Waals surface area contributed by atoms with Crippen LogP contribution in [0.15, 0.2) is 146 Å². The molecule has 0 bridgehead atoms. The summed E-state index contributed by atoms with van der Waals surface area (Å²) < 4.78 is 0.